The summed E-state index contributed by atoms with van der Waals surface area (Å²) < 4.78 is 45.9. The fourth-order valence-corrected chi connectivity index (χ4v) is 2.85. The lowest BCUT2D eigenvalue weighted by molar-refractivity contribution is -0.176. The van der Waals surface area contributed by atoms with E-state index in [0.717, 1.165) is 12.8 Å². The number of carbonyl (C=O) groups is 2. The van der Waals surface area contributed by atoms with Crippen molar-refractivity contribution in [3.05, 3.63) is 35.4 Å². The maximum atomic E-state index is 12.7. The fraction of sp³-hybridized carbons (Fsp3) is 0.556. The van der Waals surface area contributed by atoms with Crippen LogP contribution >= 0.6 is 0 Å². The van der Waals surface area contributed by atoms with E-state index in [4.69, 9.17) is 4.74 Å². The molecule has 1 saturated heterocycles. The van der Waals surface area contributed by atoms with Gasteiger partial charge in [-0.3, -0.25) is 4.79 Å². The number of amides is 1. The van der Waals surface area contributed by atoms with Crippen LogP contribution in [0.3, 0.4) is 0 Å². The number of hydrogen-bond acceptors (Lipinski definition) is 4. The van der Waals surface area contributed by atoms with Gasteiger partial charge in [0.1, 0.15) is 12.6 Å². The molecule has 8 heteroatoms. The molecular formula is C18H22F3NO4. The highest BCUT2D eigenvalue weighted by molar-refractivity contribution is 5.97. The van der Waals surface area contributed by atoms with Crippen molar-refractivity contribution < 1.29 is 32.2 Å². The second kappa shape index (κ2) is 9.02. The summed E-state index contributed by atoms with van der Waals surface area (Å²) in [5.74, 6) is -0.691. The van der Waals surface area contributed by atoms with E-state index in [-0.39, 0.29) is 19.1 Å². The molecule has 0 bridgehead atoms. The van der Waals surface area contributed by atoms with Crippen molar-refractivity contribution in [3.8, 4) is 0 Å². The minimum Gasteiger partial charge on any atom is -0.464 e. The molecule has 1 aromatic carbocycles. The van der Waals surface area contributed by atoms with Crippen molar-refractivity contribution >= 4 is 11.9 Å². The average molecular weight is 373 g/mol. The standard InChI is InChI=1S/C18H22F3NO4/c1-2-26-17(24)15-5-3-4-10-22(15)16(23)14-8-6-13(7-9-14)11-25-12-18(19,20)21/h6-9,15H,2-5,10-12H2,1H3. The summed E-state index contributed by atoms with van der Waals surface area (Å²) in [6.45, 7) is 0.932. The number of benzene rings is 1. The Labute approximate surface area is 150 Å². The van der Waals surface area contributed by atoms with Crippen molar-refractivity contribution in [2.45, 2.75) is 45.0 Å². The molecule has 1 heterocycles. The van der Waals surface area contributed by atoms with Gasteiger partial charge >= 0.3 is 12.1 Å². The Kier molecular flexibility index (Phi) is 7.02. The van der Waals surface area contributed by atoms with Gasteiger partial charge < -0.3 is 14.4 Å². The van der Waals surface area contributed by atoms with E-state index < -0.39 is 24.8 Å². The van der Waals surface area contributed by atoms with Crippen LogP contribution in [0.1, 0.15) is 42.1 Å². The van der Waals surface area contributed by atoms with Crippen LogP contribution in [-0.4, -0.2) is 48.8 Å². The Morgan fingerprint density at radius 2 is 1.88 bits per heavy atom. The van der Waals surface area contributed by atoms with Crippen LogP contribution in [0.25, 0.3) is 0 Å². The van der Waals surface area contributed by atoms with Crippen molar-refractivity contribution in [1.29, 1.82) is 0 Å². The van der Waals surface area contributed by atoms with Gasteiger partial charge in [0.15, 0.2) is 0 Å². The number of halogens is 3. The molecule has 1 fully saturated rings. The van der Waals surface area contributed by atoms with Crippen molar-refractivity contribution in [1.82, 2.24) is 4.90 Å². The number of alkyl halides is 3. The van der Waals surface area contributed by atoms with E-state index in [2.05, 4.69) is 4.74 Å². The predicted molar refractivity (Wildman–Crippen MR) is 87.5 cm³/mol. The number of piperidine rings is 1. The highest BCUT2D eigenvalue weighted by atomic mass is 19.4. The first-order chi connectivity index (χ1) is 12.3. The van der Waals surface area contributed by atoms with Gasteiger partial charge in [-0.05, 0) is 43.9 Å². The summed E-state index contributed by atoms with van der Waals surface area (Å²) in [6, 6.07) is 5.57. The summed E-state index contributed by atoms with van der Waals surface area (Å²) in [7, 11) is 0. The Hall–Kier alpha value is -2.09. The van der Waals surface area contributed by atoms with E-state index in [1.54, 1.807) is 19.1 Å². The summed E-state index contributed by atoms with van der Waals surface area (Å²) >= 11 is 0. The number of likely N-dealkylation sites (tertiary alicyclic amines) is 1. The second-order valence-electron chi connectivity index (χ2n) is 6.07. The van der Waals surface area contributed by atoms with E-state index in [9.17, 15) is 22.8 Å². The molecule has 0 N–H and O–H groups in total. The molecule has 1 unspecified atom stereocenters. The third kappa shape index (κ3) is 5.72. The number of ether oxygens (including phenoxy) is 2. The first kappa shape index (κ1) is 20.2. The topological polar surface area (TPSA) is 55.8 Å². The Morgan fingerprint density at radius 3 is 2.50 bits per heavy atom. The lowest BCUT2D eigenvalue weighted by atomic mass is 10.0. The van der Waals surface area contributed by atoms with Crippen LogP contribution in [0.5, 0.6) is 0 Å². The lowest BCUT2D eigenvalue weighted by Crippen LogP contribution is -2.48. The van der Waals surface area contributed by atoms with Crippen LogP contribution in [0.4, 0.5) is 13.2 Å². The molecule has 0 saturated carbocycles. The highest BCUT2D eigenvalue weighted by Gasteiger charge is 2.33. The molecule has 1 aliphatic heterocycles. The number of nitrogens with zero attached hydrogens (tertiary/aromatic N) is 1. The molecule has 0 aliphatic carbocycles. The van der Waals surface area contributed by atoms with Gasteiger partial charge in [0, 0.05) is 12.1 Å². The molecule has 0 spiro atoms. The molecule has 1 atom stereocenters. The molecule has 0 radical (unpaired) electrons. The maximum absolute atomic E-state index is 12.7. The summed E-state index contributed by atoms with van der Waals surface area (Å²) in [5, 5.41) is 0. The summed E-state index contributed by atoms with van der Waals surface area (Å²) in [4.78, 5) is 26.3. The number of hydrogen-bond donors (Lipinski definition) is 0. The lowest BCUT2D eigenvalue weighted by Gasteiger charge is -2.34. The van der Waals surface area contributed by atoms with Crippen LogP contribution in [-0.2, 0) is 20.9 Å². The highest BCUT2D eigenvalue weighted by Crippen LogP contribution is 2.21. The Balaban J connectivity index is 2.00. The zero-order valence-corrected chi connectivity index (χ0v) is 14.6. The normalized spacial score (nSPS) is 17.8. The smallest absolute Gasteiger partial charge is 0.411 e. The van der Waals surface area contributed by atoms with Crippen LogP contribution < -0.4 is 0 Å². The van der Waals surface area contributed by atoms with Gasteiger partial charge in [0.25, 0.3) is 5.91 Å². The van der Waals surface area contributed by atoms with Gasteiger partial charge in [-0.1, -0.05) is 12.1 Å². The van der Waals surface area contributed by atoms with E-state index in [1.165, 1.54) is 17.0 Å². The first-order valence-electron chi connectivity index (χ1n) is 8.53. The fourth-order valence-electron chi connectivity index (χ4n) is 2.85. The third-order valence-corrected chi connectivity index (χ3v) is 4.06. The minimum atomic E-state index is -4.37. The van der Waals surface area contributed by atoms with E-state index in [0.29, 0.717) is 24.1 Å². The quantitative estimate of drug-likeness (QED) is 0.718. The van der Waals surface area contributed by atoms with Crippen molar-refractivity contribution in [2.24, 2.45) is 0 Å². The minimum absolute atomic E-state index is 0.191. The average Bonchev–Trinajstić information content (AvgIpc) is 2.61. The van der Waals surface area contributed by atoms with Gasteiger partial charge in [-0.15, -0.1) is 0 Å². The van der Waals surface area contributed by atoms with E-state index >= 15 is 0 Å². The van der Waals surface area contributed by atoms with Gasteiger partial charge in [-0.2, -0.15) is 13.2 Å². The molecular weight excluding hydrogens is 351 g/mol. The maximum Gasteiger partial charge on any atom is 0.411 e. The van der Waals surface area contributed by atoms with Gasteiger partial charge in [0.2, 0.25) is 0 Å². The molecule has 26 heavy (non-hydrogen) atoms. The number of rotatable bonds is 6. The third-order valence-electron chi connectivity index (χ3n) is 4.06. The van der Waals surface area contributed by atoms with Crippen LogP contribution in [0.2, 0.25) is 0 Å². The Morgan fingerprint density at radius 1 is 1.19 bits per heavy atom. The van der Waals surface area contributed by atoms with Gasteiger partial charge in [0.05, 0.1) is 13.2 Å². The zero-order valence-electron chi connectivity index (χ0n) is 14.6. The van der Waals surface area contributed by atoms with E-state index in [1.807, 2.05) is 0 Å². The zero-order chi connectivity index (χ0) is 19.2. The molecule has 0 aromatic heterocycles. The molecule has 144 valence electrons. The monoisotopic (exact) mass is 373 g/mol. The van der Waals surface area contributed by atoms with Crippen molar-refractivity contribution in [3.63, 3.8) is 0 Å². The van der Waals surface area contributed by atoms with Crippen molar-refractivity contribution in [2.75, 3.05) is 19.8 Å². The number of carbonyl (C=O) groups excluding carboxylic acids is 2. The number of esters is 1. The molecule has 5 nitrogen and oxygen atoms in total. The Bertz CT molecular complexity index is 616. The van der Waals surface area contributed by atoms with Gasteiger partial charge in [-0.25, -0.2) is 4.79 Å². The van der Waals surface area contributed by atoms with Crippen LogP contribution in [0.15, 0.2) is 24.3 Å². The molecule has 1 amide bonds. The van der Waals surface area contributed by atoms with Crippen LogP contribution in [0, 0.1) is 0 Å². The molecule has 1 aromatic rings. The predicted octanol–water partition coefficient (Wildman–Crippen LogP) is 3.32. The first-order valence-corrected chi connectivity index (χ1v) is 8.53. The summed E-state index contributed by atoms with van der Waals surface area (Å²) in [6.07, 6.45) is -2.14. The molecule has 1 aliphatic rings. The largest absolute Gasteiger partial charge is 0.464 e. The summed E-state index contributed by atoms with van der Waals surface area (Å²) in [5.41, 5.74) is 0.909. The molecule has 2 rings (SSSR count). The second-order valence-corrected chi connectivity index (χ2v) is 6.07. The SMILES string of the molecule is CCOC(=O)C1CCCCN1C(=O)c1ccc(COCC(F)(F)F)cc1.